The molecule has 0 aromatic heterocycles. The molecule has 5 nitrogen and oxygen atoms in total. The Morgan fingerprint density at radius 2 is 2.05 bits per heavy atom. The highest BCUT2D eigenvalue weighted by molar-refractivity contribution is 5.80. The first-order chi connectivity index (χ1) is 10.1. The third-order valence-electron chi connectivity index (χ3n) is 3.80. The summed E-state index contributed by atoms with van der Waals surface area (Å²) in [5.74, 6) is -1.17. The van der Waals surface area contributed by atoms with Crippen LogP contribution in [0.1, 0.15) is 30.9 Å². The SMILES string of the molecule is CN(CCC(=O)O)C(=O)[C@@H]1CCCO[C@@H]1c1ccccc1. The van der Waals surface area contributed by atoms with Crippen molar-refractivity contribution in [3.05, 3.63) is 35.9 Å². The maximum absolute atomic E-state index is 12.5. The Kier molecular flexibility index (Phi) is 5.33. The molecule has 0 unspecified atom stereocenters. The molecule has 1 aromatic rings. The molecule has 2 rings (SSSR count). The summed E-state index contributed by atoms with van der Waals surface area (Å²) in [5.41, 5.74) is 1.00. The minimum atomic E-state index is -0.894. The van der Waals surface area contributed by atoms with Gasteiger partial charge in [-0.2, -0.15) is 0 Å². The van der Waals surface area contributed by atoms with E-state index in [1.807, 2.05) is 30.3 Å². The van der Waals surface area contributed by atoms with E-state index in [4.69, 9.17) is 9.84 Å². The normalized spacial score (nSPS) is 21.8. The molecule has 0 aliphatic carbocycles. The molecule has 1 heterocycles. The van der Waals surface area contributed by atoms with Gasteiger partial charge in [0, 0.05) is 20.2 Å². The molecule has 0 bridgehead atoms. The van der Waals surface area contributed by atoms with Crippen molar-refractivity contribution in [1.82, 2.24) is 4.90 Å². The van der Waals surface area contributed by atoms with Crippen LogP contribution in [0.25, 0.3) is 0 Å². The molecule has 1 N–H and O–H groups in total. The molecule has 1 aliphatic heterocycles. The van der Waals surface area contributed by atoms with E-state index in [1.165, 1.54) is 4.90 Å². The summed E-state index contributed by atoms with van der Waals surface area (Å²) in [7, 11) is 1.65. The molecule has 2 atom stereocenters. The van der Waals surface area contributed by atoms with Crippen molar-refractivity contribution in [1.29, 1.82) is 0 Å². The van der Waals surface area contributed by atoms with Crippen LogP contribution >= 0.6 is 0 Å². The number of carbonyl (C=O) groups excluding carboxylic acids is 1. The molecule has 0 saturated carbocycles. The van der Waals surface area contributed by atoms with E-state index in [9.17, 15) is 9.59 Å². The summed E-state index contributed by atoms with van der Waals surface area (Å²) in [6.07, 6.45) is 1.36. The lowest BCUT2D eigenvalue weighted by Crippen LogP contribution is -2.39. The monoisotopic (exact) mass is 291 g/mol. The van der Waals surface area contributed by atoms with Gasteiger partial charge in [0.05, 0.1) is 18.4 Å². The number of ether oxygens (including phenoxy) is 1. The molecular weight excluding hydrogens is 270 g/mol. The second-order valence-corrected chi connectivity index (χ2v) is 5.35. The number of rotatable bonds is 5. The first kappa shape index (κ1) is 15.5. The van der Waals surface area contributed by atoms with Crippen LogP contribution < -0.4 is 0 Å². The minimum absolute atomic E-state index is 0.0359. The summed E-state index contributed by atoms with van der Waals surface area (Å²) in [5, 5.41) is 8.72. The van der Waals surface area contributed by atoms with Crippen molar-refractivity contribution < 1.29 is 19.4 Å². The Bertz CT molecular complexity index is 488. The zero-order valence-electron chi connectivity index (χ0n) is 12.2. The van der Waals surface area contributed by atoms with Crippen molar-refractivity contribution in [2.45, 2.75) is 25.4 Å². The average molecular weight is 291 g/mol. The van der Waals surface area contributed by atoms with Gasteiger partial charge in [-0.05, 0) is 18.4 Å². The first-order valence-electron chi connectivity index (χ1n) is 7.23. The fraction of sp³-hybridized carbons (Fsp3) is 0.500. The highest BCUT2D eigenvalue weighted by Crippen LogP contribution is 2.34. The molecule has 114 valence electrons. The van der Waals surface area contributed by atoms with Gasteiger partial charge in [-0.3, -0.25) is 9.59 Å². The lowest BCUT2D eigenvalue weighted by Gasteiger charge is -2.33. The summed E-state index contributed by atoms with van der Waals surface area (Å²) < 4.78 is 5.81. The third-order valence-corrected chi connectivity index (χ3v) is 3.80. The van der Waals surface area contributed by atoms with Gasteiger partial charge in [0.25, 0.3) is 0 Å². The summed E-state index contributed by atoms with van der Waals surface area (Å²) in [6.45, 7) is 0.883. The van der Waals surface area contributed by atoms with Crippen molar-refractivity contribution >= 4 is 11.9 Å². The Labute approximate surface area is 124 Å². The molecule has 1 aliphatic rings. The maximum atomic E-state index is 12.5. The lowest BCUT2D eigenvalue weighted by atomic mass is 9.88. The minimum Gasteiger partial charge on any atom is -0.481 e. The van der Waals surface area contributed by atoms with Gasteiger partial charge < -0.3 is 14.7 Å². The van der Waals surface area contributed by atoms with Crippen LogP contribution in [-0.4, -0.2) is 42.1 Å². The number of amides is 1. The van der Waals surface area contributed by atoms with Crippen molar-refractivity contribution in [2.75, 3.05) is 20.2 Å². The molecule has 0 spiro atoms. The van der Waals surface area contributed by atoms with E-state index in [0.717, 1.165) is 18.4 Å². The van der Waals surface area contributed by atoms with E-state index in [0.29, 0.717) is 6.61 Å². The van der Waals surface area contributed by atoms with Crippen LogP contribution in [0.4, 0.5) is 0 Å². The molecule has 1 amide bonds. The predicted molar refractivity (Wildman–Crippen MR) is 77.7 cm³/mol. The average Bonchev–Trinajstić information content (AvgIpc) is 2.52. The largest absolute Gasteiger partial charge is 0.481 e. The molecule has 1 aromatic carbocycles. The highest BCUT2D eigenvalue weighted by Gasteiger charge is 2.34. The van der Waals surface area contributed by atoms with Crippen molar-refractivity contribution in [3.63, 3.8) is 0 Å². The predicted octanol–water partition coefficient (Wildman–Crippen LogP) is 2.09. The second kappa shape index (κ2) is 7.22. The summed E-state index contributed by atoms with van der Waals surface area (Å²) >= 11 is 0. The lowest BCUT2D eigenvalue weighted by molar-refractivity contribution is -0.145. The van der Waals surface area contributed by atoms with E-state index < -0.39 is 5.97 Å². The van der Waals surface area contributed by atoms with Gasteiger partial charge in [-0.1, -0.05) is 30.3 Å². The zero-order chi connectivity index (χ0) is 15.2. The van der Waals surface area contributed by atoms with Crippen LogP contribution in [-0.2, 0) is 14.3 Å². The van der Waals surface area contributed by atoms with Gasteiger partial charge >= 0.3 is 5.97 Å². The maximum Gasteiger partial charge on any atom is 0.305 e. The Balaban J connectivity index is 2.07. The van der Waals surface area contributed by atoms with Gasteiger partial charge in [-0.25, -0.2) is 0 Å². The fourth-order valence-electron chi connectivity index (χ4n) is 2.66. The number of aliphatic carboxylic acids is 1. The van der Waals surface area contributed by atoms with E-state index in [1.54, 1.807) is 7.05 Å². The van der Waals surface area contributed by atoms with Gasteiger partial charge in [0.15, 0.2) is 0 Å². The molecule has 0 radical (unpaired) electrons. The van der Waals surface area contributed by atoms with E-state index >= 15 is 0 Å². The third kappa shape index (κ3) is 4.04. The number of benzene rings is 1. The van der Waals surface area contributed by atoms with Crippen LogP contribution in [0.2, 0.25) is 0 Å². The Morgan fingerprint density at radius 1 is 1.33 bits per heavy atom. The summed E-state index contributed by atoms with van der Waals surface area (Å²) in [6, 6.07) is 9.73. The van der Waals surface area contributed by atoms with Crippen molar-refractivity contribution in [3.8, 4) is 0 Å². The Hall–Kier alpha value is -1.88. The molecule has 1 fully saturated rings. The molecule has 21 heavy (non-hydrogen) atoms. The van der Waals surface area contributed by atoms with Gasteiger partial charge in [0.1, 0.15) is 0 Å². The Morgan fingerprint density at radius 3 is 2.71 bits per heavy atom. The van der Waals surface area contributed by atoms with E-state index in [2.05, 4.69) is 0 Å². The highest BCUT2D eigenvalue weighted by atomic mass is 16.5. The quantitative estimate of drug-likeness (QED) is 0.902. The number of nitrogens with zero attached hydrogens (tertiary/aromatic N) is 1. The zero-order valence-corrected chi connectivity index (χ0v) is 12.2. The second-order valence-electron chi connectivity index (χ2n) is 5.35. The molecule has 1 saturated heterocycles. The van der Waals surface area contributed by atoms with Crippen molar-refractivity contribution in [2.24, 2.45) is 5.92 Å². The number of hydrogen-bond acceptors (Lipinski definition) is 3. The number of carboxylic acid groups (broad SMARTS) is 1. The summed E-state index contributed by atoms with van der Waals surface area (Å²) in [4.78, 5) is 24.7. The molecular formula is C16H21NO4. The van der Waals surface area contributed by atoms with Crippen LogP contribution in [0.5, 0.6) is 0 Å². The van der Waals surface area contributed by atoms with E-state index in [-0.39, 0.29) is 30.9 Å². The molecule has 5 heteroatoms. The van der Waals surface area contributed by atoms with Crippen LogP contribution in [0.15, 0.2) is 30.3 Å². The number of hydrogen-bond donors (Lipinski definition) is 1. The van der Waals surface area contributed by atoms with Gasteiger partial charge in [-0.15, -0.1) is 0 Å². The van der Waals surface area contributed by atoms with Crippen LogP contribution in [0.3, 0.4) is 0 Å². The number of carbonyl (C=O) groups is 2. The topological polar surface area (TPSA) is 66.8 Å². The smallest absolute Gasteiger partial charge is 0.305 e. The number of carboxylic acids is 1. The van der Waals surface area contributed by atoms with Gasteiger partial charge in [0.2, 0.25) is 5.91 Å². The fourth-order valence-corrected chi connectivity index (χ4v) is 2.66. The standard InChI is InChI=1S/C16H21NO4/c1-17(10-9-14(18)19)16(20)13-8-5-11-21-15(13)12-6-3-2-4-7-12/h2-4,6-7,13,15H,5,8-11H2,1H3,(H,18,19)/t13-,15-/m1/s1. The first-order valence-corrected chi connectivity index (χ1v) is 7.23. The van der Waals surface area contributed by atoms with Crippen LogP contribution in [0, 0.1) is 5.92 Å².